The van der Waals surface area contributed by atoms with Gasteiger partial charge in [0.05, 0.1) is 0 Å². The van der Waals surface area contributed by atoms with Gasteiger partial charge in [-0.05, 0) is 18.3 Å². The molecule has 73 valence electrons. The molecule has 0 saturated carbocycles. The molecular weight excluding hydrogens is 144 g/mol. The topological polar surface area (TPSA) is 0 Å². The van der Waals surface area contributed by atoms with Crippen LogP contribution in [0.4, 0.5) is 0 Å². The Kier molecular flexibility index (Phi) is 7.64. The zero-order chi connectivity index (χ0) is 9.40. The van der Waals surface area contributed by atoms with Crippen LogP contribution in [-0.2, 0) is 0 Å². The van der Waals surface area contributed by atoms with Crippen LogP contribution in [0.3, 0.4) is 0 Å². The van der Waals surface area contributed by atoms with Crippen LogP contribution in [0.5, 0.6) is 0 Å². The summed E-state index contributed by atoms with van der Waals surface area (Å²) in [5.74, 6) is 1.74. The van der Waals surface area contributed by atoms with E-state index in [4.69, 9.17) is 0 Å². The lowest BCUT2D eigenvalue weighted by atomic mass is 9.87. The van der Waals surface area contributed by atoms with Gasteiger partial charge in [-0.3, -0.25) is 0 Å². The Balaban J connectivity index is 3.65. The van der Waals surface area contributed by atoms with Gasteiger partial charge in [0.1, 0.15) is 0 Å². The quantitative estimate of drug-likeness (QED) is 0.528. The SMILES string of the molecule is CCCC([CH]C(CC)CC)CC. The molecule has 0 aliphatic heterocycles. The molecule has 0 saturated heterocycles. The van der Waals surface area contributed by atoms with Crippen molar-refractivity contribution in [1.29, 1.82) is 0 Å². The fraction of sp³-hybridized carbons (Fsp3) is 0.917. The Labute approximate surface area is 78.8 Å². The second-order valence-electron chi connectivity index (χ2n) is 3.73. The van der Waals surface area contributed by atoms with Crippen LogP contribution < -0.4 is 0 Å². The van der Waals surface area contributed by atoms with E-state index in [0.717, 1.165) is 11.8 Å². The predicted octanol–water partition coefficient (Wildman–Crippen LogP) is 4.45. The average molecular weight is 169 g/mol. The minimum absolute atomic E-state index is 0.862. The Bertz CT molecular complexity index is 82.0. The van der Waals surface area contributed by atoms with E-state index in [9.17, 15) is 0 Å². The lowest BCUT2D eigenvalue weighted by molar-refractivity contribution is 0.432. The molecule has 0 heterocycles. The van der Waals surface area contributed by atoms with E-state index in [1.54, 1.807) is 0 Å². The van der Waals surface area contributed by atoms with Gasteiger partial charge < -0.3 is 0 Å². The molecule has 1 radical (unpaired) electrons. The third-order valence-electron chi connectivity index (χ3n) is 2.78. The molecule has 12 heavy (non-hydrogen) atoms. The van der Waals surface area contributed by atoms with Crippen LogP contribution in [0, 0.1) is 18.3 Å². The molecule has 1 unspecified atom stereocenters. The molecule has 0 nitrogen and oxygen atoms in total. The average Bonchev–Trinajstić information content (AvgIpc) is 2.12. The maximum absolute atomic E-state index is 2.59. The van der Waals surface area contributed by atoms with Crippen LogP contribution in [-0.4, -0.2) is 0 Å². The first kappa shape index (κ1) is 12.0. The first-order valence-electron chi connectivity index (χ1n) is 5.63. The van der Waals surface area contributed by atoms with Gasteiger partial charge >= 0.3 is 0 Å². The van der Waals surface area contributed by atoms with Gasteiger partial charge in [0.2, 0.25) is 0 Å². The van der Waals surface area contributed by atoms with E-state index in [0.29, 0.717) is 0 Å². The molecule has 0 fully saturated rings. The lowest BCUT2D eigenvalue weighted by Crippen LogP contribution is -2.08. The molecule has 0 aromatic rings. The third-order valence-corrected chi connectivity index (χ3v) is 2.78. The van der Waals surface area contributed by atoms with Gasteiger partial charge in [-0.1, -0.05) is 59.8 Å². The second kappa shape index (κ2) is 7.64. The normalized spacial score (nSPS) is 13.8. The highest BCUT2D eigenvalue weighted by Crippen LogP contribution is 2.23. The molecule has 0 amide bonds. The highest BCUT2D eigenvalue weighted by Gasteiger charge is 2.11. The van der Waals surface area contributed by atoms with E-state index in [1.165, 1.54) is 32.1 Å². The summed E-state index contributed by atoms with van der Waals surface area (Å²) in [6.45, 7) is 9.18. The van der Waals surface area contributed by atoms with Crippen LogP contribution in [0.2, 0.25) is 0 Å². The minimum Gasteiger partial charge on any atom is -0.0654 e. The molecular formula is C12H25. The van der Waals surface area contributed by atoms with Gasteiger partial charge in [-0.25, -0.2) is 0 Å². The van der Waals surface area contributed by atoms with E-state index in [2.05, 4.69) is 34.1 Å². The van der Waals surface area contributed by atoms with Crippen molar-refractivity contribution in [2.75, 3.05) is 0 Å². The van der Waals surface area contributed by atoms with E-state index in [1.807, 2.05) is 0 Å². The summed E-state index contributed by atoms with van der Waals surface area (Å²) in [6, 6.07) is 0. The molecule has 0 spiro atoms. The summed E-state index contributed by atoms with van der Waals surface area (Å²) in [6.07, 6.45) is 9.25. The Hall–Kier alpha value is 0. The summed E-state index contributed by atoms with van der Waals surface area (Å²) in [4.78, 5) is 0. The van der Waals surface area contributed by atoms with Crippen molar-refractivity contribution in [3.8, 4) is 0 Å². The summed E-state index contributed by atoms with van der Waals surface area (Å²) in [5, 5.41) is 0. The van der Waals surface area contributed by atoms with Crippen molar-refractivity contribution in [2.45, 2.75) is 59.8 Å². The van der Waals surface area contributed by atoms with E-state index >= 15 is 0 Å². The summed E-state index contributed by atoms with van der Waals surface area (Å²) < 4.78 is 0. The Morgan fingerprint density at radius 1 is 0.833 bits per heavy atom. The highest BCUT2D eigenvalue weighted by atomic mass is 14.2. The van der Waals surface area contributed by atoms with Crippen LogP contribution in [0.25, 0.3) is 0 Å². The third kappa shape index (κ3) is 4.79. The monoisotopic (exact) mass is 169 g/mol. The molecule has 0 N–H and O–H groups in total. The molecule has 0 aliphatic rings. The fourth-order valence-corrected chi connectivity index (χ4v) is 1.75. The maximum atomic E-state index is 2.59. The molecule has 0 bridgehead atoms. The van der Waals surface area contributed by atoms with Crippen LogP contribution in [0.15, 0.2) is 0 Å². The van der Waals surface area contributed by atoms with Crippen molar-refractivity contribution in [2.24, 2.45) is 11.8 Å². The summed E-state index contributed by atoms with van der Waals surface area (Å²) >= 11 is 0. The second-order valence-corrected chi connectivity index (χ2v) is 3.73. The van der Waals surface area contributed by atoms with Gasteiger partial charge in [-0.15, -0.1) is 0 Å². The van der Waals surface area contributed by atoms with Crippen LogP contribution >= 0.6 is 0 Å². The maximum Gasteiger partial charge on any atom is -0.0324 e. The lowest BCUT2D eigenvalue weighted by Gasteiger charge is -2.19. The molecule has 0 heteroatoms. The van der Waals surface area contributed by atoms with Crippen molar-refractivity contribution in [3.63, 3.8) is 0 Å². The standard InChI is InChI=1S/C12H25/c1-5-9-12(8-4)10-11(6-2)7-3/h10-12H,5-9H2,1-4H3. The molecule has 1 atom stereocenters. The van der Waals surface area contributed by atoms with E-state index < -0.39 is 0 Å². The fourth-order valence-electron chi connectivity index (χ4n) is 1.75. The van der Waals surface area contributed by atoms with Crippen molar-refractivity contribution in [3.05, 3.63) is 6.42 Å². The molecule has 0 aromatic carbocycles. The Morgan fingerprint density at radius 2 is 1.33 bits per heavy atom. The van der Waals surface area contributed by atoms with Gasteiger partial charge in [-0.2, -0.15) is 0 Å². The zero-order valence-electron chi connectivity index (χ0n) is 9.27. The summed E-state index contributed by atoms with van der Waals surface area (Å²) in [5.41, 5.74) is 0. The van der Waals surface area contributed by atoms with Crippen molar-refractivity contribution >= 4 is 0 Å². The minimum atomic E-state index is 0.862. The van der Waals surface area contributed by atoms with Crippen molar-refractivity contribution in [1.82, 2.24) is 0 Å². The number of rotatable bonds is 7. The smallest absolute Gasteiger partial charge is 0.0324 e. The highest BCUT2D eigenvalue weighted by molar-refractivity contribution is 4.81. The largest absolute Gasteiger partial charge is 0.0654 e. The first-order valence-corrected chi connectivity index (χ1v) is 5.63. The van der Waals surface area contributed by atoms with Gasteiger partial charge in [0.25, 0.3) is 0 Å². The molecule has 0 aromatic heterocycles. The molecule has 0 rings (SSSR count). The first-order chi connectivity index (χ1) is 5.78. The van der Waals surface area contributed by atoms with Gasteiger partial charge in [0.15, 0.2) is 0 Å². The van der Waals surface area contributed by atoms with Gasteiger partial charge in [0, 0.05) is 0 Å². The van der Waals surface area contributed by atoms with Crippen LogP contribution in [0.1, 0.15) is 59.8 Å². The zero-order valence-corrected chi connectivity index (χ0v) is 9.27. The van der Waals surface area contributed by atoms with E-state index in [-0.39, 0.29) is 0 Å². The Morgan fingerprint density at radius 3 is 1.67 bits per heavy atom. The predicted molar refractivity (Wildman–Crippen MR) is 57.1 cm³/mol. The van der Waals surface area contributed by atoms with Crippen molar-refractivity contribution < 1.29 is 0 Å². The number of hydrogen-bond donors (Lipinski definition) is 0. The summed E-state index contributed by atoms with van der Waals surface area (Å²) in [7, 11) is 0. The number of hydrogen-bond acceptors (Lipinski definition) is 0. The molecule has 0 aliphatic carbocycles.